The van der Waals surface area contributed by atoms with Crippen LogP contribution in [0, 0.1) is 11.3 Å². The number of benzene rings is 1. The number of carbonyl (C=O) groups excluding carboxylic acids is 1. The highest BCUT2D eigenvalue weighted by Crippen LogP contribution is 2.26. The Morgan fingerprint density at radius 3 is 2.81 bits per heavy atom. The molecule has 110 valence electrons. The summed E-state index contributed by atoms with van der Waals surface area (Å²) in [6.07, 6.45) is 0.367. The third-order valence-electron chi connectivity index (χ3n) is 3.33. The molecule has 0 aliphatic rings. The number of hydrogen-bond acceptors (Lipinski definition) is 3. The fraction of sp³-hybridized carbons (Fsp3) is 0.400. The summed E-state index contributed by atoms with van der Waals surface area (Å²) in [4.78, 5) is 17.8. The number of fused-ring (bicyclic) bond motifs is 1. The van der Waals surface area contributed by atoms with E-state index in [4.69, 9.17) is 11.6 Å². The molecule has 0 fully saturated rings. The Bertz CT molecular complexity index is 712. The quantitative estimate of drug-likeness (QED) is 0.816. The molecule has 1 atom stereocenters. The first-order chi connectivity index (χ1) is 9.95. The first kappa shape index (κ1) is 15.3. The van der Waals surface area contributed by atoms with Gasteiger partial charge in [0.2, 0.25) is 5.91 Å². The van der Waals surface area contributed by atoms with Gasteiger partial charge in [-0.25, -0.2) is 4.98 Å². The summed E-state index contributed by atoms with van der Waals surface area (Å²) in [7, 11) is 3.46. The van der Waals surface area contributed by atoms with Crippen molar-refractivity contribution in [1.29, 1.82) is 5.26 Å². The van der Waals surface area contributed by atoms with Gasteiger partial charge in [-0.2, -0.15) is 5.26 Å². The lowest BCUT2D eigenvalue weighted by molar-refractivity contribution is -0.128. The summed E-state index contributed by atoms with van der Waals surface area (Å²) in [6, 6.07) is 7.58. The topological polar surface area (TPSA) is 61.9 Å². The summed E-state index contributed by atoms with van der Waals surface area (Å²) >= 11 is 6.19. The maximum atomic E-state index is 11.8. The van der Waals surface area contributed by atoms with Gasteiger partial charge in [-0.15, -0.1) is 11.6 Å². The fourth-order valence-corrected chi connectivity index (χ4v) is 2.39. The zero-order chi connectivity index (χ0) is 15.6. The van der Waals surface area contributed by atoms with Crippen LogP contribution in [0.25, 0.3) is 11.0 Å². The van der Waals surface area contributed by atoms with Crippen molar-refractivity contribution in [3.8, 4) is 6.07 Å². The number of aromatic nitrogens is 2. The van der Waals surface area contributed by atoms with Crippen molar-refractivity contribution in [3.63, 3.8) is 0 Å². The Morgan fingerprint density at radius 1 is 1.52 bits per heavy atom. The van der Waals surface area contributed by atoms with E-state index in [9.17, 15) is 10.1 Å². The zero-order valence-corrected chi connectivity index (χ0v) is 13.1. The molecule has 0 aliphatic carbocycles. The lowest BCUT2D eigenvalue weighted by Crippen LogP contribution is -2.23. The highest BCUT2D eigenvalue weighted by molar-refractivity contribution is 6.20. The predicted octanol–water partition coefficient (Wildman–Crippen LogP) is 2.69. The van der Waals surface area contributed by atoms with E-state index in [2.05, 4.69) is 11.1 Å². The molecule has 0 saturated heterocycles. The molecule has 6 heteroatoms. The van der Waals surface area contributed by atoms with Crippen LogP contribution in [0.2, 0.25) is 0 Å². The number of aryl methyl sites for hydroxylation is 1. The Morgan fingerprint density at radius 2 is 2.24 bits per heavy atom. The van der Waals surface area contributed by atoms with Gasteiger partial charge < -0.3 is 9.47 Å². The average molecular weight is 305 g/mol. The van der Waals surface area contributed by atoms with Crippen molar-refractivity contribution >= 4 is 28.5 Å². The van der Waals surface area contributed by atoms with Crippen LogP contribution in [0.15, 0.2) is 18.2 Å². The minimum Gasteiger partial charge on any atom is -0.349 e. The zero-order valence-electron chi connectivity index (χ0n) is 12.3. The molecule has 1 aromatic heterocycles. The fourth-order valence-electron chi connectivity index (χ4n) is 2.22. The number of para-hydroxylation sites is 1. The highest BCUT2D eigenvalue weighted by atomic mass is 35.5. The van der Waals surface area contributed by atoms with Crippen LogP contribution in [0.3, 0.4) is 0 Å². The largest absolute Gasteiger partial charge is 0.349 e. The Kier molecular flexibility index (Phi) is 4.49. The molecule has 0 saturated carbocycles. The van der Waals surface area contributed by atoms with Crippen LogP contribution in [-0.2, 0) is 11.3 Å². The first-order valence-corrected chi connectivity index (χ1v) is 7.12. The van der Waals surface area contributed by atoms with E-state index in [1.807, 2.05) is 23.6 Å². The minimum absolute atomic E-state index is 0.0430. The summed E-state index contributed by atoms with van der Waals surface area (Å²) in [5, 5.41) is 8.88. The van der Waals surface area contributed by atoms with Crippen molar-refractivity contribution < 1.29 is 4.79 Å². The highest BCUT2D eigenvalue weighted by Gasteiger charge is 2.17. The van der Waals surface area contributed by atoms with Crippen LogP contribution in [0.1, 0.15) is 30.1 Å². The molecule has 0 N–H and O–H groups in total. The predicted molar refractivity (Wildman–Crippen MR) is 82.0 cm³/mol. The average Bonchev–Trinajstić information content (AvgIpc) is 2.83. The summed E-state index contributed by atoms with van der Waals surface area (Å²) in [5.41, 5.74) is 1.99. The lowest BCUT2D eigenvalue weighted by atomic mass is 10.2. The van der Waals surface area contributed by atoms with Crippen LogP contribution < -0.4 is 0 Å². The second kappa shape index (κ2) is 6.15. The Balaban J connectivity index is 2.48. The second-order valence-corrected chi connectivity index (χ2v) is 5.72. The van der Waals surface area contributed by atoms with Gasteiger partial charge in [0.25, 0.3) is 0 Å². The van der Waals surface area contributed by atoms with E-state index in [-0.39, 0.29) is 11.3 Å². The molecule has 0 radical (unpaired) electrons. The molecule has 2 rings (SSSR count). The van der Waals surface area contributed by atoms with Crippen LogP contribution in [0.4, 0.5) is 0 Å². The minimum atomic E-state index is -0.293. The number of nitriles is 1. The Labute approximate surface area is 128 Å². The van der Waals surface area contributed by atoms with Crippen LogP contribution >= 0.6 is 11.6 Å². The van der Waals surface area contributed by atoms with E-state index < -0.39 is 0 Å². The Hall–Kier alpha value is -2.06. The molecule has 0 bridgehead atoms. The SMILES string of the molecule is CC(Cl)c1nc2c(C#N)cccc2n1CCC(=O)N(C)C. The van der Waals surface area contributed by atoms with Crippen molar-refractivity contribution in [1.82, 2.24) is 14.5 Å². The van der Waals surface area contributed by atoms with Gasteiger partial charge in [-0.05, 0) is 19.1 Å². The van der Waals surface area contributed by atoms with E-state index in [1.165, 1.54) is 0 Å². The van der Waals surface area contributed by atoms with Gasteiger partial charge in [0.15, 0.2) is 0 Å². The van der Waals surface area contributed by atoms with E-state index >= 15 is 0 Å². The maximum Gasteiger partial charge on any atom is 0.223 e. The molecule has 1 aromatic carbocycles. The third-order valence-corrected chi connectivity index (χ3v) is 3.53. The molecule has 1 heterocycles. The van der Waals surface area contributed by atoms with Crippen LogP contribution in [0.5, 0.6) is 0 Å². The molecule has 0 spiro atoms. The summed E-state index contributed by atoms with van der Waals surface area (Å²) in [6.45, 7) is 2.33. The lowest BCUT2D eigenvalue weighted by Gasteiger charge is -2.13. The van der Waals surface area contributed by atoms with Gasteiger partial charge in [0.05, 0.1) is 16.5 Å². The van der Waals surface area contributed by atoms with Gasteiger partial charge in [0, 0.05) is 27.1 Å². The second-order valence-electron chi connectivity index (χ2n) is 5.06. The number of hydrogen-bond donors (Lipinski definition) is 0. The third kappa shape index (κ3) is 3.01. The number of imidazole rings is 1. The first-order valence-electron chi connectivity index (χ1n) is 6.69. The van der Waals surface area contributed by atoms with Crippen molar-refractivity contribution in [2.75, 3.05) is 14.1 Å². The van der Waals surface area contributed by atoms with Gasteiger partial charge >= 0.3 is 0 Å². The molecule has 1 unspecified atom stereocenters. The van der Waals surface area contributed by atoms with E-state index in [1.54, 1.807) is 25.1 Å². The molecular weight excluding hydrogens is 288 g/mol. The standard InChI is InChI=1S/C15H17ClN4O/c1-10(16)15-18-14-11(9-17)5-4-6-12(14)20(15)8-7-13(21)19(2)3/h4-6,10H,7-8H2,1-3H3. The molecule has 0 aliphatic heterocycles. The number of carbonyl (C=O) groups is 1. The molecular formula is C15H17ClN4O. The number of amides is 1. The van der Waals surface area contributed by atoms with Gasteiger partial charge in [0.1, 0.15) is 17.4 Å². The summed E-state index contributed by atoms with van der Waals surface area (Å²) < 4.78 is 1.93. The van der Waals surface area contributed by atoms with E-state index in [0.717, 1.165) is 5.52 Å². The van der Waals surface area contributed by atoms with E-state index in [0.29, 0.717) is 29.9 Å². The van der Waals surface area contributed by atoms with Crippen molar-refractivity contribution in [3.05, 3.63) is 29.6 Å². The van der Waals surface area contributed by atoms with Gasteiger partial charge in [-0.3, -0.25) is 4.79 Å². The number of halogens is 1. The molecule has 1 amide bonds. The van der Waals surface area contributed by atoms with Crippen molar-refractivity contribution in [2.45, 2.75) is 25.3 Å². The van der Waals surface area contributed by atoms with Crippen LogP contribution in [-0.4, -0.2) is 34.5 Å². The molecule has 21 heavy (non-hydrogen) atoms. The normalized spacial score (nSPS) is 12.1. The maximum absolute atomic E-state index is 11.8. The van der Waals surface area contributed by atoms with Crippen molar-refractivity contribution in [2.24, 2.45) is 0 Å². The number of rotatable bonds is 4. The van der Waals surface area contributed by atoms with Gasteiger partial charge in [-0.1, -0.05) is 6.07 Å². The smallest absolute Gasteiger partial charge is 0.223 e. The molecule has 2 aromatic rings. The molecule has 5 nitrogen and oxygen atoms in total. The summed E-state index contributed by atoms with van der Waals surface area (Å²) in [5.74, 6) is 0.724. The number of nitrogens with zero attached hydrogens (tertiary/aromatic N) is 4. The number of alkyl halides is 1. The monoisotopic (exact) mass is 304 g/mol.